The average Bonchev–Trinajstić information content (AvgIpc) is 2.78. The summed E-state index contributed by atoms with van der Waals surface area (Å²) in [4.78, 5) is 17.4. The molecule has 4 nitrogen and oxygen atoms in total. The predicted octanol–water partition coefficient (Wildman–Crippen LogP) is 4.06. The second kappa shape index (κ2) is 6.00. The summed E-state index contributed by atoms with van der Waals surface area (Å²) in [5.74, 6) is -0.778. The first-order chi connectivity index (χ1) is 10.5. The number of para-hydroxylation sites is 1. The van der Waals surface area contributed by atoms with Crippen molar-refractivity contribution in [2.45, 2.75) is 65.1 Å². The maximum absolute atomic E-state index is 12.0. The molecular weight excluding hydrogens is 288 g/mol. The SMILES string of the molecule is CC(C)(C)N(C(Cc1c[nH]c2ccccc12)C(=O)O)C(C)(C)C. The van der Waals surface area contributed by atoms with Crippen LogP contribution in [0.5, 0.6) is 0 Å². The van der Waals surface area contributed by atoms with Crippen LogP contribution in [0.25, 0.3) is 10.9 Å². The molecule has 2 aromatic rings. The number of nitrogens with one attached hydrogen (secondary N) is 1. The average molecular weight is 316 g/mol. The Morgan fingerprint density at radius 1 is 1.13 bits per heavy atom. The third-order valence-corrected chi connectivity index (χ3v) is 4.13. The van der Waals surface area contributed by atoms with Crippen molar-refractivity contribution in [3.8, 4) is 0 Å². The van der Waals surface area contributed by atoms with Crippen LogP contribution in [-0.2, 0) is 11.2 Å². The first-order valence-corrected chi connectivity index (χ1v) is 8.09. The predicted molar refractivity (Wildman–Crippen MR) is 94.8 cm³/mol. The molecule has 0 saturated heterocycles. The number of hydrogen-bond acceptors (Lipinski definition) is 2. The molecule has 0 spiro atoms. The Hall–Kier alpha value is -1.81. The van der Waals surface area contributed by atoms with Gasteiger partial charge >= 0.3 is 5.97 Å². The first kappa shape index (κ1) is 17.5. The summed E-state index contributed by atoms with van der Waals surface area (Å²) in [6.45, 7) is 12.4. The van der Waals surface area contributed by atoms with E-state index in [0.29, 0.717) is 6.42 Å². The van der Waals surface area contributed by atoms with Gasteiger partial charge in [-0.1, -0.05) is 18.2 Å². The molecule has 4 heteroatoms. The Bertz CT molecular complexity index is 675. The van der Waals surface area contributed by atoms with Crippen molar-refractivity contribution in [2.75, 3.05) is 0 Å². The molecule has 23 heavy (non-hydrogen) atoms. The van der Waals surface area contributed by atoms with Gasteiger partial charge in [-0.2, -0.15) is 0 Å². The van der Waals surface area contributed by atoms with E-state index in [2.05, 4.69) is 51.4 Å². The standard InChI is InChI=1S/C19H28N2O2/c1-18(2,3)21(19(4,5)6)16(17(22)23)11-13-12-20-15-10-8-7-9-14(13)15/h7-10,12,16,20H,11H2,1-6H3,(H,22,23). The van der Waals surface area contributed by atoms with Gasteiger partial charge in [0.1, 0.15) is 6.04 Å². The lowest BCUT2D eigenvalue weighted by atomic mass is 9.90. The molecule has 1 aromatic heterocycles. The van der Waals surface area contributed by atoms with Gasteiger partial charge in [-0.3, -0.25) is 9.69 Å². The number of carbonyl (C=O) groups is 1. The van der Waals surface area contributed by atoms with Crippen molar-refractivity contribution in [3.05, 3.63) is 36.0 Å². The van der Waals surface area contributed by atoms with Crippen LogP contribution in [-0.4, -0.2) is 38.1 Å². The molecule has 0 aliphatic heterocycles. The fourth-order valence-electron chi connectivity index (χ4n) is 3.74. The van der Waals surface area contributed by atoms with Crippen LogP contribution in [0.2, 0.25) is 0 Å². The zero-order valence-electron chi connectivity index (χ0n) is 15.0. The minimum Gasteiger partial charge on any atom is -0.480 e. The van der Waals surface area contributed by atoms with Crippen molar-refractivity contribution in [1.29, 1.82) is 0 Å². The van der Waals surface area contributed by atoms with Crippen LogP contribution >= 0.6 is 0 Å². The molecule has 0 radical (unpaired) electrons. The van der Waals surface area contributed by atoms with E-state index in [9.17, 15) is 9.90 Å². The van der Waals surface area contributed by atoms with Crippen LogP contribution in [0.1, 0.15) is 47.1 Å². The normalized spacial score (nSPS) is 14.4. The minimum absolute atomic E-state index is 0.243. The molecule has 1 aromatic carbocycles. The topological polar surface area (TPSA) is 56.3 Å². The van der Waals surface area contributed by atoms with E-state index in [1.165, 1.54) is 0 Å². The van der Waals surface area contributed by atoms with Crippen LogP contribution in [0.4, 0.5) is 0 Å². The van der Waals surface area contributed by atoms with Gasteiger partial charge in [0.25, 0.3) is 0 Å². The Morgan fingerprint density at radius 3 is 2.22 bits per heavy atom. The van der Waals surface area contributed by atoms with E-state index < -0.39 is 12.0 Å². The number of rotatable bonds is 4. The van der Waals surface area contributed by atoms with Crippen LogP contribution in [0, 0.1) is 0 Å². The minimum atomic E-state index is -0.778. The lowest BCUT2D eigenvalue weighted by molar-refractivity contribution is -0.149. The molecule has 0 amide bonds. The van der Waals surface area contributed by atoms with Gasteiger partial charge in [0.05, 0.1) is 0 Å². The molecule has 2 rings (SSSR count). The first-order valence-electron chi connectivity index (χ1n) is 8.09. The highest BCUT2D eigenvalue weighted by atomic mass is 16.4. The fraction of sp³-hybridized carbons (Fsp3) is 0.526. The molecule has 0 aliphatic rings. The monoisotopic (exact) mass is 316 g/mol. The molecule has 0 bridgehead atoms. The van der Waals surface area contributed by atoms with Gasteiger partial charge in [0.15, 0.2) is 0 Å². The van der Waals surface area contributed by atoms with E-state index in [4.69, 9.17) is 0 Å². The molecule has 2 N–H and O–H groups in total. The Kier molecular flexibility index (Phi) is 4.58. The molecular formula is C19H28N2O2. The van der Waals surface area contributed by atoms with Crippen LogP contribution in [0.15, 0.2) is 30.5 Å². The largest absolute Gasteiger partial charge is 0.480 e. The van der Waals surface area contributed by atoms with Gasteiger partial charge < -0.3 is 10.1 Å². The maximum atomic E-state index is 12.0. The van der Waals surface area contributed by atoms with Crippen LogP contribution < -0.4 is 0 Å². The summed E-state index contributed by atoms with van der Waals surface area (Å²) in [7, 11) is 0. The van der Waals surface area contributed by atoms with Gasteiger partial charge in [0, 0.05) is 34.6 Å². The second-order valence-corrected chi connectivity index (χ2v) is 8.13. The number of aromatic nitrogens is 1. The zero-order valence-corrected chi connectivity index (χ0v) is 15.0. The number of nitrogens with zero attached hydrogens (tertiary/aromatic N) is 1. The van der Waals surface area contributed by atoms with Crippen LogP contribution in [0.3, 0.4) is 0 Å². The number of aliphatic carboxylic acids is 1. The summed E-state index contributed by atoms with van der Waals surface area (Å²) >= 11 is 0. The highest BCUT2D eigenvalue weighted by Gasteiger charge is 2.40. The number of aromatic amines is 1. The van der Waals surface area contributed by atoms with Crippen molar-refractivity contribution in [3.63, 3.8) is 0 Å². The summed E-state index contributed by atoms with van der Waals surface area (Å²) in [5, 5.41) is 11.0. The number of hydrogen-bond donors (Lipinski definition) is 2. The number of H-pyrrole nitrogens is 1. The van der Waals surface area contributed by atoms with Crippen molar-refractivity contribution >= 4 is 16.9 Å². The lowest BCUT2D eigenvalue weighted by Gasteiger charge is -2.48. The molecule has 0 aliphatic carbocycles. The van der Waals surface area contributed by atoms with Crippen molar-refractivity contribution in [1.82, 2.24) is 9.88 Å². The zero-order chi connectivity index (χ0) is 17.4. The molecule has 126 valence electrons. The van der Waals surface area contributed by atoms with E-state index in [1.807, 2.05) is 30.5 Å². The Balaban J connectivity index is 2.44. The van der Waals surface area contributed by atoms with Crippen molar-refractivity contribution in [2.24, 2.45) is 0 Å². The Morgan fingerprint density at radius 2 is 1.70 bits per heavy atom. The fourth-order valence-corrected chi connectivity index (χ4v) is 3.74. The summed E-state index contributed by atoms with van der Waals surface area (Å²) < 4.78 is 0. The van der Waals surface area contributed by atoms with Crippen molar-refractivity contribution < 1.29 is 9.90 Å². The highest BCUT2D eigenvalue weighted by Crippen LogP contribution is 2.30. The molecule has 1 atom stereocenters. The second-order valence-electron chi connectivity index (χ2n) is 8.13. The molecule has 0 saturated carbocycles. The third-order valence-electron chi connectivity index (χ3n) is 4.13. The number of fused-ring (bicyclic) bond motifs is 1. The number of carboxylic acid groups (broad SMARTS) is 1. The number of carboxylic acids is 1. The van der Waals surface area contributed by atoms with E-state index in [0.717, 1.165) is 16.5 Å². The quantitative estimate of drug-likeness (QED) is 0.894. The van der Waals surface area contributed by atoms with Gasteiger partial charge in [-0.05, 0) is 53.2 Å². The lowest BCUT2D eigenvalue weighted by Crippen LogP contribution is -2.60. The van der Waals surface area contributed by atoms with E-state index in [-0.39, 0.29) is 11.1 Å². The highest BCUT2D eigenvalue weighted by molar-refractivity contribution is 5.84. The summed E-state index contributed by atoms with van der Waals surface area (Å²) in [6, 6.07) is 7.45. The smallest absolute Gasteiger partial charge is 0.321 e. The maximum Gasteiger partial charge on any atom is 0.321 e. The van der Waals surface area contributed by atoms with Gasteiger partial charge in [-0.25, -0.2) is 0 Å². The summed E-state index contributed by atoms with van der Waals surface area (Å²) in [5.41, 5.74) is 1.61. The van der Waals surface area contributed by atoms with Gasteiger partial charge in [0.2, 0.25) is 0 Å². The third kappa shape index (κ3) is 3.75. The molecule has 0 fully saturated rings. The number of benzene rings is 1. The molecule has 1 unspecified atom stereocenters. The van der Waals surface area contributed by atoms with Gasteiger partial charge in [-0.15, -0.1) is 0 Å². The van der Waals surface area contributed by atoms with E-state index in [1.54, 1.807) is 0 Å². The van der Waals surface area contributed by atoms with E-state index >= 15 is 0 Å². The molecule has 1 heterocycles. The summed E-state index contributed by atoms with van der Waals surface area (Å²) in [6.07, 6.45) is 2.41. The Labute approximate surface area is 138 Å².